The Kier molecular flexibility index (Phi) is 3.98. The van der Waals surface area contributed by atoms with Gasteiger partial charge in [-0.1, -0.05) is 0 Å². The maximum atomic E-state index is 14.2. The Labute approximate surface area is 139 Å². The number of nitrogens with one attached hydrogen (secondary N) is 1. The number of aryl methyl sites for hydroxylation is 1. The number of aromatic amines is 1. The summed E-state index contributed by atoms with van der Waals surface area (Å²) in [6.45, 7) is 1.42. The molecule has 4 nitrogen and oxygen atoms in total. The fourth-order valence-electron chi connectivity index (χ4n) is 2.64. The summed E-state index contributed by atoms with van der Waals surface area (Å²) >= 11 is 0. The topological polar surface area (TPSA) is 55.0 Å². The van der Waals surface area contributed by atoms with E-state index in [1.165, 1.54) is 26.2 Å². The SMILES string of the molecule is COc1ccc(-c2nc(F)c(C(F)(F)F)c3[nH]c(C)cc(=O)c23)cc1. The Morgan fingerprint density at radius 1 is 1.16 bits per heavy atom. The summed E-state index contributed by atoms with van der Waals surface area (Å²) < 4.78 is 59.0. The van der Waals surface area contributed by atoms with E-state index in [4.69, 9.17) is 4.74 Å². The number of methoxy groups -OCH3 is 1. The Morgan fingerprint density at radius 3 is 2.36 bits per heavy atom. The molecule has 130 valence electrons. The molecule has 0 aliphatic carbocycles. The molecule has 0 bridgehead atoms. The van der Waals surface area contributed by atoms with Crippen molar-refractivity contribution in [2.75, 3.05) is 7.11 Å². The zero-order chi connectivity index (χ0) is 18.4. The lowest BCUT2D eigenvalue weighted by Gasteiger charge is -2.14. The number of fused-ring (bicyclic) bond motifs is 1. The van der Waals surface area contributed by atoms with Gasteiger partial charge in [0, 0.05) is 17.3 Å². The van der Waals surface area contributed by atoms with Crippen LogP contribution >= 0.6 is 0 Å². The number of hydrogen-bond donors (Lipinski definition) is 1. The van der Waals surface area contributed by atoms with Gasteiger partial charge in [0.05, 0.1) is 23.7 Å². The van der Waals surface area contributed by atoms with Crippen molar-refractivity contribution in [3.05, 3.63) is 57.8 Å². The predicted octanol–water partition coefficient (Wildman–Crippen LogP) is 4.07. The molecule has 0 atom stereocenters. The lowest BCUT2D eigenvalue weighted by molar-refractivity contribution is -0.139. The van der Waals surface area contributed by atoms with Crippen LogP contribution in [0.5, 0.6) is 5.75 Å². The second kappa shape index (κ2) is 5.87. The van der Waals surface area contributed by atoms with Gasteiger partial charge in [-0.2, -0.15) is 17.6 Å². The van der Waals surface area contributed by atoms with E-state index < -0.39 is 28.6 Å². The third-order valence-corrected chi connectivity index (χ3v) is 3.72. The molecule has 0 aliphatic rings. The quantitative estimate of drug-likeness (QED) is 0.559. The second-order valence-electron chi connectivity index (χ2n) is 5.42. The van der Waals surface area contributed by atoms with E-state index in [1.54, 1.807) is 12.1 Å². The number of alkyl halides is 3. The molecule has 0 amide bonds. The van der Waals surface area contributed by atoms with Gasteiger partial charge in [0.1, 0.15) is 11.3 Å². The number of hydrogen-bond acceptors (Lipinski definition) is 3. The molecule has 0 spiro atoms. The summed E-state index contributed by atoms with van der Waals surface area (Å²) in [7, 11) is 1.45. The van der Waals surface area contributed by atoms with E-state index in [1.807, 2.05) is 0 Å². The van der Waals surface area contributed by atoms with Crippen molar-refractivity contribution in [3.63, 3.8) is 0 Å². The van der Waals surface area contributed by atoms with Gasteiger partial charge in [-0.05, 0) is 31.2 Å². The summed E-state index contributed by atoms with van der Waals surface area (Å²) in [5.41, 5.74) is -2.54. The highest BCUT2D eigenvalue weighted by atomic mass is 19.4. The molecule has 0 saturated carbocycles. The number of ether oxygens (including phenoxy) is 1. The molecule has 0 aliphatic heterocycles. The zero-order valence-corrected chi connectivity index (χ0v) is 13.2. The van der Waals surface area contributed by atoms with E-state index in [-0.39, 0.29) is 16.8 Å². The standard InChI is InChI=1S/C17H12F4N2O2/c1-8-7-11(24)12-14(9-3-5-10(25-2)6-4-9)23-16(18)13(15(12)22-8)17(19,20)21/h3-7H,1-2H3,(H,22,24). The van der Waals surface area contributed by atoms with Gasteiger partial charge < -0.3 is 9.72 Å². The predicted molar refractivity (Wildman–Crippen MR) is 84.0 cm³/mol. The molecule has 0 radical (unpaired) electrons. The third-order valence-electron chi connectivity index (χ3n) is 3.72. The highest BCUT2D eigenvalue weighted by Crippen LogP contribution is 2.37. The molecular formula is C17H12F4N2O2. The van der Waals surface area contributed by atoms with Crippen LogP contribution in [0.25, 0.3) is 22.2 Å². The first-order valence-electron chi connectivity index (χ1n) is 7.17. The molecule has 25 heavy (non-hydrogen) atoms. The van der Waals surface area contributed by atoms with Crippen molar-refractivity contribution in [2.24, 2.45) is 0 Å². The zero-order valence-electron chi connectivity index (χ0n) is 13.2. The van der Waals surface area contributed by atoms with Crippen molar-refractivity contribution in [3.8, 4) is 17.0 Å². The largest absolute Gasteiger partial charge is 0.497 e. The molecular weight excluding hydrogens is 340 g/mol. The van der Waals surface area contributed by atoms with Crippen LogP contribution in [0.2, 0.25) is 0 Å². The van der Waals surface area contributed by atoms with Gasteiger partial charge in [-0.3, -0.25) is 4.79 Å². The third kappa shape index (κ3) is 2.95. The van der Waals surface area contributed by atoms with Crippen molar-refractivity contribution in [1.82, 2.24) is 9.97 Å². The maximum Gasteiger partial charge on any atom is 0.422 e. The fourth-order valence-corrected chi connectivity index (χ4v) is 2.64. The summed E-state index contributed by atoms with van der Waals surface area (Å²) in [5.74, 6) is -1.18. The van der Waals surface area contributed by atoms with E-state index in [2.05, 4.69) is 9.97 Å². The van der Waals surface area contributed by atoms with Crippen LogP contribution in [0.1, 0.15) is 11.3 Å². The summed E-state index contributed by atoms with van der Waals surface area (Å²) in [6, 6.07) is 7.22. The van der Waals surface area contributed by atoms with Crippen LogP contribution < -0.4 is 10.2 Å². The molecule has 0 unspecified atom stereocenters. The van der Waals surface area contributed by atoms with Crippen LogP contribution in [0, 0.1) is 12.9 Å². The molecule has 1 aromatic carbocycles. The number of halogens is 4. The minimum Gasteiger partial charge on any atom is -0.497 e. The van der Waals surface area contributed by atoms with Gasteiger partial charge in [0.2, 0.25) is 5.95 Å². The molecule has 2 heterocycles. The smallest absolute Gasteiger partial charge is 0.422 e. The van der Waals surface area contributed by atoms with Crippen molar-refractivity contribution in [1.29, 1.82) is 0 Å². The number of rotatable bonds is 2. The van der Waals surface area contributed by atoms with Crippen molar-refractivity contribution >= 4 is 10.9 Å². The van der Waals surface area contributed by atoms with Crippen LogP contribution in [-0.4, -0.2) is 17.1 Å². The van der Waals surface area contributed by atoms with Crippen molar-refractivity contribution in [2.45, 2.75) is 13.1 Å². The van der Waals surface area contributed by atoms with E-state index >= 15 is 0 Å². The van der Waals surface area contributed by atoms with Crippen LogP contribution in [-0.2, 0) is 6.18 Å². The van der Waals surface area contributed by atoms with Gasteiger partial charge in [0.25, 0.3) is 0 Å². The van der Waals surface area contributed by atoms with E-state index in [0.717, 1.165) is 6.07 Å². The summed E-state index contributed by atoms with van der Waals surface area (Å²) in [5, 5.41) is -0.315. The summed E-state index contributed by atoms with van der Waals surface area (Å²) in [6.07, 6.45) is -5.00. The van der Waals surface area contributed by atoms with Crippen LogP contribution in [0.3, 0.4) is 0 Å². The van der Waals surface area contributed by atoms with Gasteiger partial charge >= 0.3 is 6.18 Å². The average Bonchev–Trinajstić information content (AvgIpc) is 2.52. The molecule has 2 aromatic heterocycles. The summed E-state index contributed by atoms with van der Waals surface area (Å²) in [4.78, 5) is 18.2. The van der Waals surface area contributed by atoms with E-state index in [0.29, 0.717) is 11.3 Å². The van der Waals surface area contributed by atoms with Crippen LogP contribution in [0.15, 0.2) is 35.1 Å². The first-order valence-corrected chi connectivity index (χ1v) is 7.17. The first-order chi connectivity index (χ1) is 11.7. The monoisotopic (exact) mass is 352 g/mol. The molecule has 3 rings (SSSR count). The Morgan fingerprint density at radius 2 is 1.80 bits per heavy atom. The molecule has 0 fully saturated rings. The lowest BCUT2D eigenvalue weighted by atomic mass is 10.0. The number of benzene rings is 1. The second-order valence-corrected chi connectivity index (χ2v) is 5.42. The van der Waals surface area contributed by atoms with Gasteiger partial charge in [-0.25, -0.2) is 4.98 Å². The minimum atomic E-state index is -5.00. The molecule has 3 aromatic rings. The van der Waals surface area contributed by atoms with Crippen molar-refractivity contribution < 1.29 is 22.3 Å². The highest BCUT2D eigenvalue weighted by molar-refractivity contribution is 5.94. The Bertz CT molecular complexity index is 1010. The number of pyridine rings is 2. The number of aromatic nitrogens is 2. The molecule has 1 N–H and O–H groups in total. The Hall–Kier alpha value is -2.90. The average molecular weight is 352 g/mol. The first kappa shape index (κ1) is 16.9. The van der Waals surface area contributed by atoms with E-state index in [9.17, 15) is 22.4 Å². The van der Waals surface area contributed by atoms with Crippen LogP contribution in [0.4, 0.5) is 17.6 Å². The normalized spacial score (nSPS) is 11.8. The fraction of sp³-hybridized carbons (Fsp3) is 0.176. The lowest BCUT2D eigenvalue weighted by Crippen LogP contribution is -2.16. The number of H-pyrrole nitrogens is 1. The van der Waals surface area contributed by atoms with Gasteiger partial charge in [-0.15, -0.1) is 0 Å². The maximum absolute atomic E-state index is 14.2. The molecule has 8 heteroatoms. The Balaban J connectivity index is 2.43. The minimum absolute atomic E-state index is 0.163. The molecule has 0 saturated heterocycles. The highest BCUT2D eigenvalue weighted by Gasteiger charge is 2.39. The number of nitrogens with zero attached hydrogens (tertiary/aromatic N) is 1. The van der Waals surface area contributed by atoms with Gasteiger partial charge in [0.15, 0.2) is 5.43 Å².